The number of ether oxygens (including phenoxy) is 1. The second-order valence-electron chi connectivity index (χ2n) is 15.5. The number of rotatable bonds is 9. The summed E-state index contributed by atoms with van der Waals surface area (Å²) >= 11 is 0. The van der Waals surface area contributed by atoms with Crippen molar-refractivity contribution in [2.75, 3.05) is 0 Å². The number of pyridine rings is 2. The quantitative estimate of drug-likeness (QED) is 0.135. The van der Waals surface area contributed by atoms with Crippen LogP contribution in [-0.4, -0.2) is 19.9 Å². The van der Waals surface area contributed by atoms with Crippen LogP contribution in [-0.2, 0) is 47.6 Å². The third kappa shape index (κ3) is 12.4. The molecule has 0 spiro atoms. The number of hydrogen-bond acceptors (Lipinski definition) is 5. The van der Waals surface area contributed by atoms with Crippen molar-refractivity contribution >= 4 is 0 Å². The van der Waals surface area contributed by atoms with Gasteiger partial charge < -0.3 is 24.7 Å². The first-order valence-corrected chi connectivity index (χ1v) is 18.9. The molecule has 7 aromatic rings. The van der Waals surface area contributed by atoms with Crippen molar-refractivity contribution < 1.29 is 45.9 Å². The predicted octanol–water partition coefficient (Wildman–Crippen LogP) is 12.8. The molecule has 0 saturated carbocycles. The number of benzene rings is 4. The fourth-order valence-corrected chi connectivity index (χ4v) is 6.47. The zero-order valence-electron chi connectivity index (χ0n) is 33.8. The summed E-state index contributed by atoms with van der Waals surface area (Å²) in [5, 5.41) is 0. The monoisotopic (exact) mass is 1110 g/mol. The van der Waals surface area contributed by atoms with E-state index in [1.807, 2.05) is 61.7 Å². The minimum Gasteiger partial charge on any atom is -0.515 e. The third-order valence-corrected chi connectivity index (χ3v) is 8.92. The molecule has 0 aliphatic carbocycles. The Hall–Kier alpha value is -4.60. The van der Waals surface area contributed by atoms with Gasteiger partial charge in [-0.05, 0) is 93.5 Å². The number of hydrogen-bond donors (Lipinski definition) is 0. The van der Waals surface area contributed by atoms with E-state index >= 15 is 0 Å². The molecule has 1 radical (unpaired) electrons. The second-order valence-corrected chi connectivity index (χ2v) is 15.5. The zero-order chi connectivity index (χ0) is 39.0. The van der Waals surface area contributed by atoms with Gasteiger partial charge in [-0.15, -0.1) is 59.7 Å². The molecule has 4 aromatic carbocycles. The number of aromatic nitrogens is 4. The minimum atomic E-state index is 0. The maximum Gasteiger partial charge on any atom is 2.00 e. The van der Waals surface area contributed by atoms with Crippen molar-refractivity contribution in [3.8, 4) is 56.5 Å². The van der Waals surface area contributed by atoms with Gasteiger partial charge >= 0.3 is 21.1 Å². The molecule has 0 saturated heterocycles. The fourth-order valence-electron chi connectivity index (χ4n) is 6.47. The van der Waals surface area contributed by atoms with E-state index in [0.29, 0.717) is 40.1 Å². The van der Waals surface area contributed by atoms with Crippen molar-refractivity contribution in [2.24, 2.45) is 5.41 Å². The van der Waals surface area contributed by atoms with E-state index in [0.717, 1.165) is 34.6 Å². The van der Waals surface area contributed by atoms with Crippen molar-refractivity contribution in [3.05, 3.63) is 168 Å². The fraction of sp³-hybridized carbons (Fsp3) is 0.240. The van der Waals surface area contributed by atoms with Crippen molar-refractivity contribution in [3.63, 3.8) is 0 Å². The normalized spacial score (nSPS) is 10.9. The molecule has 295 valence electrons. The van der Waals surface area contributed by atoms with Gasteiger partial charge in [-0.3, -0.25) is 6.07 Å². The van der Waals surface area contributed by atoms with Crippen molar-refractivity contribution in [1.29, 1.82) is 0 Å². The second kappa shape index (κ2) is 20.7. The van der Waals surface area contributed by atoms with Gasteiger partial charge in [0.1, 0.15) is 0 Å². The number of nitrogens with zero attached hydrogens (tertiary/aromatic N) is 4. The average Bonchev–Trinajstić information content (AvgIpc) is 3.18. The van der Waals surface area contributed by atoms with Crippen LogP contribution in [0.15, 0.2) is 122 Å². The predicted molar refractivity (Wildman–Crippen MR) is 224 cm³/mol. The summed E-state index contributed by atoms with van der Waals surface area (Å²) in [5.74, 6) is 2.50. The molecule has 7 heteroatoms. The van der Waals surface area contributed by atoms with E-state index in [2.05, 4.69) is 130 Å². The van der Waals surface area contributed by atoms with Crippen molar-refractivity contribution in [2.45, 2.75) is 73.6 Å². The van der Waals surface area contributed by atoms with Crippen LogP contribution in [0.5, 0.6) is 11.5 Å². The van der Waals surface area contributed by atoms with Gasteiger partial charge in [-0.2, -0.15) is 6.07 Å². The van der Waals surface area contributed by atoms with Gasteiger partial charge in [-0.1, -0.05) is 90.9 Å². The first-order chi connectivity index (χ1) is 26.4. The molecule has 7 rings (SSSR count). The van der Waals surface area contributed by atoms with E-state index in [9.17, 15) is 0 Å². The van der Waals surface area contributed by atoms with Crippen LogP contribution in [0.1, 0.15) is 82.7 Å². The first kappa shape index (κ1) is 45.1. The van der Waals surface area contributed by atoms with Gasteiger partial charge in [0, 0.05) is 50.1 Å². The summed E-state index contributed by atoms with van der Waals surface area (Å²) in [6, 6.07) is 47.3. The molecule has 0 aliphatic heterocycles. The largest absolute Gasteiger partial charge is 2.00 e. The van der Waals surface area contributed by atoms with E-state index in [4.69, 9.17) is 9.72 Å². The third-order valence-electron chi connectivity index (χ3n) is 8.92. The van der Waals surface area contributed by atoms with Crippen LogP contribution in [0.3, 0.4) is 0 Å². The summed E-state index contributed by atoms with van der Waals surface area (Å²) in [6.45, 7) is 17.8. The Balaban J connectivity index is 0.000000319. The van der Waals surface area contributed by atoms with E-state index in [-0.39, 0.29) is 41.2 Å². The van der Waals surface area contributed by atoms with E-state index < -0.39 is 0 Å². The van der Waals surface area contributed by atoms with Crippen LogP contribution < -0.4 is 4.74 Å². The van der Waals surface area contributed by atoms with Crippen LogP contribution in [0.25, 0.3) is 45.0 Å². The van der Waals surface area contributed by atoms with Gasteiger partial charge in [-0.25, -0.2) is 17.7 Å². The van der Waals surface area contributed by atoms with Gasteiger partial charge in [0.05, 0.1) is 0 Å². The van der Waals surface area contributed by atoms with E-state index in [1.165, 1.54) is 27.8 Å². The molecule has 0 N–H and O–H groups in total. The SMILES string of the molecule is CC(C)(C)Cc1ccc(-c2[c-]cccc2)nc1.Cc1cc(-c2c(C(C)C)cccc2C(C)C)cc(-c2[c-]c(Oc3[c-]c(-c4ncccn4)[c-]cc3)ccc2)n1.[Ir].[Pt+2]. The summed E-state index contributed by atoms with van der Waals surface area (Å²) < 4.78 is 6.13. The van der Waals surface area contributed by atoms with Crippen LogP contribution in [0, 0.1) is 36.6 Å². The van der Waals surface area contributed by atoms with Crippen LogP contribution in [0.4, 0.5) is 0 Å². The molecule has 0 amide bonds. The average molecular weight is 1110 g/mol. The molecule has 3 aromatic heterocycles. The molecule has 5 nitrogen and oxygen atoms in total. The Labute approximate surface area is 367 Å². The molecule has 0 unspecified atom stereocenters. The summed E-state index contributed by atoms with van der Waals surface area (Å²) in [7, 11) is 0. The minimum absolute atomic E-state index is 0. The summed E-state index contributed by atoms with van der Waals surface area (Å²) in [5.41, 5.74) is 12.2. The molecule has 0 aliphatic rings. The topological polar surface area (TPSA) is 60.8 Å². The molecule has 57 heavy (non-hydrogen) atoms. The Morgan fingerprint density at radius 2 is 1.35 bits per heavy atom. The first-order valence-electron chi connectivity index (χ1n) is 18.9. The van der Waals surface area contributed by atoms with Crippen LogP contribution >= 0.6 is 0 Å². The summed E-state index contributed by atoms with van der Waals surface area (Å²) in [6.07, 6.45) is 6.42. The molecular weight excluding hydrogens is 1060 g/mol. The van der Waals surface area contributed by atoms with Gasteiger partial charge in [0.2, 0.25) is 0 Å². The standard InChI is InChI=1S/C34H30N3O.C16H18N.Ir.Pt/c1-22(2)30-14-8-15-31(23(3)4)33(30)27-18-24(5)37-32(21-27)25-10-6-12-28(19-25)38-29-13-7-11-26(20-29)34-35-16-9-17-36-34;1-16(2,3)11-13-9-10-15(17-12-13)14-7-5-4-6-8-14;;/h6-10,12-18,21-23H,1-5H3;4-7,9-10,12H,11H2,1-3H3;;/q-3;-1;;+2. The smallest absolute Gasteiger partial charge is 0.515 e. The van der Waals surface area contributed by atoms with Gasteiger partial charge in [0.15, 0.2) is 0 Å². The van der Waals surface area contributed by atoms with Gasteiger partial charge in [0.25, 0.3) is 0 Å². The zero-order valence-corrected chi connectivity index (χ0v) is 38.4. The Bertz CT molecular complexity index is 2300. The Morgan fingerprint density at radius 1 is 0.667 bits per heavy atom. The Kier molecular flexibility index (Phi) is 16.4. The van der Waals surface area contributed by atoms with E-state index in [1.54, 1.807) is 24.5 Å². The molecular formula is C50H48IrN4OPt-2. The number of aryl methyl sites for hydroxylation is 1. The summed E-state index contributed by atoms with van der Waals surface area (Å²) in [4.78, 5) is 17.9. The maximum atomic E-state index is 6.13. The molecule has 0 atom stereocenters. The molecule has 3 heterocycles. The van der Waals surface area contributed by atoms with Crippen molar-refractivity contribution in [1.82, 2.24) is 19.9 Å². The molecule has 0 fully saturated rings. The van der Waals surface area contributed by atoms with Crippen LogP contribution in [0.2, 0.25) is 0 Å². The maximum absolute atomic E-state index is 6.13. The molecule has 0 bridgehead atoms. The Morgan fingerprint density at radius 3 is 1.98 bits per heavy atom.